The number of aryl methyl sites for hydroxylation is 4. The molecule has 4 rings (SSSR count). The maximum Gasteiger partial charge on any atom is 0.170 e. The van der Waals surface area contributed by atoms with Gasteiger partial charge in [-0.1, -0.05) is 6.07 Å². The fourth-order valence-corrected chi connectivity index (χ4v) is 3.04. The number of pyridine rings is 2. The summed E-state index contributed by atoms with van der Waals surface area (Å²) in [6.07, 6.45) is 1.80. The Bertz CT molecular complexity index is 860. The van der Waals surface area contributed by atoms with Crippen molar-refractivity contribution in [2.75, 3.05) is 0 Å². The van der Waals surface area contributed by atoms with Crippen molar-refractivity contribution < 1.29 is 0 Å². The summed E-state index contributed by atoms with van der Waals surface area (Å²) in [5.74, 6) is 0.819. The third-order valence-electron chi connectivity index (χ3n) is 3.25. The lowest BCUT2D eigenvalue weighted by molar-refractivity contribution is 0.892. The summed E-state index contributed by atoms with van der Waals surface area (Å²) in [5.41, 5.74) is 4.18. The van der Waals surface area contributed by atoms with Gasteiger partial charge in [0.15, 0.2) is 11.3 Å². The van der Waals surface area contributed by atoms with Crippen molar-refractivity contribution in [3.05, 3.63) is 52.6 Å². The summed E-state index contributed by atoms with van der Waals surface area (Å²) in [5, 5.41) is 5.30. The number of aromatic nitrogens is 5. The van der Waals surface area contributed by atoms with Crippen LogP contribution in [0.5, 0.6) is 0 Å². The first-order valence-corrected chi connectivity index (χ1v) is 7.84. The third-order valence-corrected chi connectivity index (χ3v) is 4.35. The van der Waals surface area contributed by atoms with Gasteiger partial charge >= 0.3 is 0 Å². The minimum absolute atomic E-state index is 0.819. The number of hydrogen-bond donors (Lipinski definition) is 0. The van der Waals surface area contributed by atoms with E-state index in [4.69, 9.17) is 0 Å². The van der Waals surface area contributed by atoms with Gasteiger partial charge in [0.1, 0.15) is 5.82 Å². The first-order valence-electron chi connectivity index (χ1n) is 7.02. The Kier molecular flexibility index (Phi) is 3.85. The maximum atomic E-state index is 4.28. The van der Waals surface area contributed by atoms with Crippen LogP contribution in [0.4, 0.5) is 0 Å². The molecule has 0 fully saturated rings. The molecule has 0 aliphatic carbocycles. The van der Waals surface area contributed by atoms with Crippen LogP contribution in [-0.2, 0) is 0 Å². The Morgan fingerprint density at radius 3 is 2.55 bits per heavy atom. The lowest BCUT2D eigenvalue weighted by atomic mass is 10.3. The monoisotopic (exact) mass is 311 g/mol. The van der Waals surface area contributed by atoms with Crippen molar-refractivity contribution in [1.29, 1.82) is 0 Å². The maximum absolute atomic E-state index is 4.28. The number of nitrogens with zero attached hydrogens (tertiary/aromatic N) is 5. The second kappa shape index (κ2) is 5.81. The molecule has 0 N–H and O–H groups in total. The predicted octanol–water partition coefficient (Wildman–Crippen LogP) is 3.65. The van der Waals surface area contributed by atoms with Gasteiger partial charge in [-0.25, -0.2) is 19.5 Å². The van der Waals surface area contributed by atoms with Crippen LogP contribution in [0.25, 0.3) is 16.0 Å². The molecule has 0 radical (unpaired) electrons. The molecule has 0 aliphatic rings. The molecule has 4 heterocycles. The highest BCUT2D eigenvalue weighted by Gasteiger charge is 2.02. The van der Waals surface area contributed by atoms with E-state index < -0.39 is 0 Å². The highest BCUT2D eigenvalue weighted by atomic mass is 32.1. The lowest BCUT2D eigenvalue weighted by Gasteiger charge is -1.93. The van der Waals surface area contributed by atoms with Crippen LogP contribution in [0.15, 0.2) is 30.5 Å². The van der Waals surface area contributed by atoms with E-state index in [0.29, 0.717) is 0 Å². The lowest BCUT2D eigenvalue weighted by Crippen LogP contribution is -1.91. The van der Waals surface area contributed by atoms with E-state index in [9.17, 15) is 0 Å². The first-order chi connectivity index (χ1) is 10.5. The average molecular weight is 311 g/mol. The van der Waals surface area contributed by atoms with Gasteiger partial charge in [0.25, 0.3) is 0 Å². The Balaban J connectivity index is 0.000000131. The second-order valence-corrected chi connectivity index (χ2v) is 6.31. The quantitative estimate of drug-likeness (QED) is 0.497. The van der Waals surface area contributed by atoms with E-state index >= 15 is 0 Å². The zero-order chi connectivity index (χ0) is 15.7. The number of fused-ring (bicyclic) bond motifs is 2. The summed E-state index contributed by atoms with van der Waals surface area (Å²) in [7, 11) is 0. The zero-order valence-corrected chi connectivity index (χ0v) is 13.8. The summed E-state index contributed by atoms with van der Waals surface area (Å²) in [6.45, 7) is 8.00. The Morgan fingerprint density at radius 1 is 1.00 bits per heavy atom. The van der Waals surface area contributed by atoms with Gasteiger partial charge in [-0.2, -0.15) is 5.10 Å². The minimum Gasteiger partial charge on any atom is -0.236 e. The molecule has 0 aliphatic heterocycles. The largest absolute Gasteiger partial charge is 0.236 e. The highest BCUT2D eigenvalue weighted by molar-refractivity contribution is 7.18. The van der Waals surface area contributed by atoms with Crippen LogP contribution in [0.2, 0.25) is 0 Å². The minimum atomic E-state index is 0.819. The van der Waals surface area contributed by atoms with Crippen LogP contribution in [0.3, 0.4) is 0 Å². The van der Waals surface area contributed by atoms with Crippen molar-refractivity contribution in [1.82, 2.24) is 24.6 Å². The fraction of sp³-hybridized carbons (Fsp3) is 0.250. The smallest absolute Gasteiger partial charge is 0.170 e. The van der Waals surface area contributed by atoms with Crippen molar-refractivity contribution in [3.63, 3.8) is 0 Å². The fourth-order valence-electron chi connectivity index (χ4n) is 2.20. The molecule has 0 aromatic carbocycles. The van der Waals surface area contributed by atoms with Crippen LogP contribution in [0, 0.1) is 27.7 Å². The molecule has 6 heteroatoms. The van der Waals surface area contributed by atoms with E-state index in [1.807, 2.05) is 49.6 Å². The van der Waals surface area contributed by atoms with Crippen molar-refractivity contribution in [2.24, 2.45) is 0 Å². The normalized spacial score (nSPS) is 10.7. The molecule has 4 aromatic rings. The van der Waals surface area contributed by atoms with Crippen LogP contribution in [-0.4, -0.2) is 24.6 Å². The van der Waals surface area contributed by atoms with E-state index in [1.165, 1.54) is 10.3 Å². The van der Waals surface area contributed by atoms with Gasteiger partial charge in [-0.15, -0.1) is 11.3 Å². The second-order valence-electron chi connectivity index (χ2n) is 5.11. The molecule has 4 aromatic heterocycles. The Hall–Kier alpha value is -2.34. The van der Waals surface area contributed by atoms with Gasteiger partial charge in [0.05, 0.1) is 9.71 Å². The molecule has 112 valence electrons. The summed E-state index contributed by atoms with van der Waals surface area (Å²) in [6, 6.07) is 7.97. The van der Waals surface area contributed by atoms with Crippen molar-refractivity contribution in [2.45, 2.75) is 27.7 Å². The van der Waals surface area contributed by atoms with E-state index in [2.05, 4.69) is 27.0 Å². The number of thiazole rings is 1. The Labute approximate surface area is 132 Å². The van der Waals surface area contributed by atoms with Gasteiger partial charge in [-0.05, 0) is 51.5 Å². The van der Waals surface area contributed by atoms with Crippen LogP contribution < -0.4 is 0 Å². The standard InChI is InChI=1S/C8H9N3.C8H8N2S/c1-6-4-3-5-8-9-7(2)10-11(6)8;1-5-3-4-9-8-7(5)11-6(2)10-8/h3-5H,1-2H3;3-4H,1-2H3. The van der Waals surface area contributed by atoms with Gasteiger partial charge < -0.3 is 0 Å². The average Bonchev–Trinajstić information content (AvgIpc) is 3.03. The molecular formula is C16H17N5S. The third kappa shape index (κ3) is 2.82. The molecular weight excluding hydrogens is 294 g/mol. The van der Waals surface area contributed by atoms with E-state index in [1.54, 1.807) is 17.5 Å². The predicted molar refractivity (Wildman–Crippen MR) is 89.4 cm³/mol. The van der Waals surface area contributed by atoms with Crippen molar-refractivity contribution >= 4 is 27.3 Å². The number of hydrogen-bond acceptors (Lipinski definition) is 5. The van der Waals surface area contributed by atoms with Gasteiger partial charge in [0, 0.05) is 11.9 Å². The van der Waals surface area contributed by atoms with Crippen LogP contribution in [0.1, 0.15) is 22.1 Å². The van der Waals surface area contributed by atoms with Gasteiger partial charge in [-0.3, -0.25) is 0 Å². The molecule has 0 bridgehead atoms. The van der Waals surface area contributed by atoms with E-state index in [0.717, 1.165) is 27.8 Å². The molecule has 0 atom stereocenters. The van der Waals surface area contributed by atoms with Gasteiger partial charge in [0.2, 0.25) is 0 Å². The zero-order valence-electron chi connectivity index (χ0n) is 13.0. The Morgan fingerprint density at radius 2 is 1.82 bits per heavy atom. The number of rotatable bonds is 0. The summed E-state index contributed by atoms with van der Waals surface area (Å²) in [4.78, 5) is 12.7. The summed E-state index contributed by atoms with van der Waals surface area (Å²) < 4.78 is 3.06. The molecule has 22 heavy (non-hydrogen) atoms. The van der Waals surface area contributed by atoms with Crippen molar-refractivity contribution in [3.8, 4) is 0 Å². The molecule has 0 saturated heterocycles. The highest BCUT2D eigenvalue weighted by Crippen LogP contribution is 2.22. The summed E-state index contributed by atoms with van der Waals surface area (Å²) >= 11 is 1.71. The topological polar surface area (TPSA) is 56.0 Å². The molecule has 0 spiro atoms. The molecule has 0 saturated carbocycles. The first kappa shape index (κ1) is 14.6. The molecule has 5 nitrogen and oxygen atoms in total. The SMILES string of the molecule is Cc1nc2cccc(C)n2n1.Cc1nc2nccc(C)c2s1. The van der Waals surface area contributed by atoms with E-state index in [-0.39, 0.29) is 0 Å². The molecule has 0 amide bonds. The van der Waals surface area contributed by atoms with Crippen LogP contribution >= 0.6 is 11.3 Å². The molecule has 0 unspecified atom stereocenters.